The van der Waals surface area contributed by atoms with Crippen LogP contribution in [0.3, 0.4) is 0 Å². The van der Waals surface area contributed by atoms with Crippen LogP contribution in [-0.2, 0) is 4.79 Å². The quantitative estimate of drug-likeness (QED) is 0.803. The zero-order valence-corrected chi connectivity index (χ0v) is 10.5. The van der Waals surface area contributed by atoms with Crippen molar-refractivity contribution in [3.63, 3.8) is 0 Å². The predicted octanol–water partition coefficient (Wildman–Crippen LogP) is 4.23. The van der Waals surface area contributed by atoms with Gasteiger partial charge in [-0.1, -0.05) is 6.07 Å². The minimum absolute atomic E-state index is 0.355. The van der Waals surface area contributed by atoms with Crippen LogP contribution in [0.4, 0.5) is 49.6 Å². The average molecular weight is 357 g/mol. The molecule has 0 aliphatic carbocycles. The molecule has 0 aromatic heterocycles. The number of amides is 1. The number of hydrogen-bond donors (Lipinski definition) is 1. The average Bonchev–Trinajstić information content (AvgIpc) is 2.36. The summed E-state index contributed by atoms with van der Waals surface area (Å²) in [6.45, 7) is 0. The molecule has 2 nitrogen and oxygen atoms in total. The van der Waals surface area contributed by atoms with Gasteiger partial charge in [0.25, 0.3) is 0 Å². The Morgan fingerprint density at radius 3 is 1.83 bits per heavy atom. The Morgan fingerprint density at radius 2 is 1.39 bits per heavy atom. The number of benzene rings is 1. The van der Waals surface area contributed by atoms with E-state index in [0.29, 0.717) is 6.07 Å². The molecule has 130 valence electrons. The summed E-state index contributed by atoms with van der Waals surface area (Å²) in [4.78, 5) is 11.0. The van der Waals surface area contributed by atoms with Gasteiger partial charge < -0.3 is 5.32 Å². The normalized spacial score (nSPS) is 13.8. The van der Waals surface area contributed by atoms with Crippen molar-refractivity contribution >= 4 is 11.6 Å². The van der Waals surface area contributed by atoms with E-state index in [1.165, 1.54) is 0 Å². The molecule has 0 unspecified atom stereocenters. The highest BCUT2D eigenvalue weighted by molar-refractivity contribution is 5.97. The molecular weight excluding hydrogens is 352 g/mol. The molecule has 0 heterocycles. The predicted molar refractivity (Wildman–Crippen MR) is 55.9 cm³/mol. The van der Waals surface area contributed by atoms with Gasteiger partial charge in [-0.3, -0.25) is 4.79 Å². The van der Waals surface area contributed by atoms with Gasteiger partial charge in [0.05, 0.1) is 0 Å². The third-order valence-electron chi connectivity index (χ3n) is 2.51. The topological polar surface area (TPSA) is 29.1 Å². The zero-order valence-electron chi connectivity index (χ0n) is 10.5. The van der Waals surface area contributed by atoms with Crippen molar-refractivity contribution in [1.82, 2.24) is 0 Å². The van der Waals surface area contributed by atoms with Gasteiger partial charge in [0.15, 0.2) is 0 Å². The van der Waals surface area contributed by atoms with Crippen molar-refractivity contribution in [1.29, 1.82) is 0 Å². The fraction of sp³-hybridized carbons (Fsp3) is 0.364. The minimum atomic E-state index is -7.18. The number of nitrogens with one attached hydrogen (secondary N) is 1. The zero-order chi connectivity index (χ0) is 18.3. The summed E-state index contributed by atoms with van der Waals surface area (Å²) < 4.78 is 126. The Hall–Kier alpha value is -2.01. The first-order chi connectivity index (χ1) is 10.1. The summed E-state index contributed by atoms with van der Waals surface area (Å²) in [5.41, 5.74) is -0.846. The highest BCUT2D eigenvalue weighted by Gasteiger charge is 2.83. The second kappa shape index (κ2) is 5.57. The van der Waals surface area contributed by atoms with E-state index >= 15 is 0 Å². The number of hydrogen-bond acceptors (Lipinski definition) is 1. The highest BCUT2D eigenvalue weighted by atomic mass is 19.4. The molecule has 12 heteroatoms. The maximum Gasteiger partial charge on any atom is 0.460 e. The van der Waals surface area contributed by atoms with Crippen LogP contribution in [0.15, 0.2) is 24.3 Å². The van der Waals surface area contributed by atoms with Gasteiger partial charge in [0.1, 0.15) is 5.82 Å². The Kier molecular flexibility index (Phi) is 4.61. The highest BCUT2D eigenvalue weighted by Crippen LogP contribution is 2.53. The first-order valence-corrected chi connectivity index (χ1v) is 5.42. The monoisotopic (exact) mass is 357 g/mol. The van der Waals surface area contributed by atoms with Crippen molar-refractivity contribution in [2.24, 2.45) is 0 Å². The molecule has 0 aliphatic rings. The van der Waals surface area contributed by atoms with Crippen molar-refractivity contribution in [3.8, 4) is 0 Å². The number of carbonyl (C=O) groups is 1. The van der Waals surface area contributed by atoms with Gasteiger partial charge in [-0.15, -0.1) is 0 Å². The molecule has 1 N–H and O–H groups in total. The van der Waals surface area contributed by atoms with E-state index in [0.717, 1.165) is 23.5 Å². The number of alkyl halides is 9. The van der Waals surface area contributed by atoms with Gasteiger partial charge in [-0.2, -0.15) is 39.5 Å². The fourth-order valence-electron chi connectivity index (χ4n) is 1.29. The van der Waals surface area contributed by atoms with Crippen molar-refractivity contribution in [2.45, 2.75) is 23.9 Å². The summed E-state index contributed by atoms with van der Waals surface area (Å²) in [5, 5.41) is 0.943. The molecule has 0 radical (unpaired) electrons. The fourth-order valence-corrected chi connectivity index (χ4v) is 1.29. The van der Waals surface area contributed by atoms with Crippen LogP contribution in [0.2, 0.25) is 0 Å². The van der Waals surface area contributed by atoms with E-state index in [1.54, 1.807) is 0 Å². The summed E-state index contributed by atoms with van der Waals surface area (Å²) in [5.74, 6) is -25.0. The maximum absolute atomic E-state index is 13.2. The van der Waals surface area contributed by atoms with Crippen molar-refractivity contribution in [3.05, 3.63) is 30.1 Å². The molecule has 0 saturated heterocycles. The van der Waals surface area contributed by atoms with Crippen molar-refractivity contribution < 1.29 is 48.7 Å². The van der Waals surface area contributed by atoms with Gasteiger partial charge in [-0.25, -0.2) is 4.39 Å². The standard InChI is InChI=1S/C11H5F10NO/c12-5-2-1-3-6(4-5)22-7(23)8(13,14)9(15,16)10(17,18)11(19,20)21/h1-4H,(H,22,23). The van der Waals surface area contributed by atoms with Gasteiger partial charge in [0.2, 0.25) is 0 Å². The smallest absolute Gasteiger partial charge is 0.321 e. The SMILES string of the molecule is O=C(Nc1cccc(F)c1)C(F)(F)C(F)(F)C(F)(F)C(F)(F)F. The van der Waals surface area contributed by atoms with Crippen LogP contribution < -0.4 is 5.32 Å². The third kappa shape index (κ3) is 3.20. The number of halogens is 10. The molecule has 1 amide bonds. The summed E-state index contributed by atoms with van der Waals surface area (Å²) in [6.07, 6.45) is -7.03. The molecule has 0 spiro atoms. The first-order valence-electron chi connectivity index (χ1n) is 5.42. The Bertz CT molecular complexity index is 595. The second-order valence-electron chi connectivity index (χ2n) is 4.19. The molecule has 0 saturated carbocycles. The lowest BCUT2D eigenvalue weighted by atomic mass is 10.0. The summed E-state index contributed by atoms with van der Waals surface area (Å²) >= 11 is 0. The third-order valence-corrected chi connectivity index (χ3v) is 2.51. The summed E-state index contributed by atoms with van der Waals surface area (Å²) in [7, 11) is 0. The second-order valence-corrected chi connectivity index (χ2v) is 4.19. The van der Waals surface area contributed by atoms with E-state index in [-0.39, 0.29) is 0 Å². The molecule has 0 atom stereocenters. The van der Waals surface area contributed by atoms with Crippen LogP contribution in [0.5, 0.6) is 0 Å². The van der Waals surface area contributed by atoms with E-state index < -0.39 is 41.4 Å². The first kappa shape index (κ1) is 19.0. The molecule has 23 heavy (non-hydrogen) atoms. The van der Waals surface area contributed by atoms with Crippen LogP contribution >= 0.6 is 0 Å². The van der Waals surface area contributed by atoms with Crippen molar-refractivity contribution in [2.75, 3.05) is 5.32 Å². The number of anilines is 1. The number of rotatable bonds is 4. The molecule has 1 rings (SSSR count). The van der Waals surface area contributed by atoms with E-state index in [9.17, 15) is 48.7 Å². The number of carbonyl (C=O) groups excluding carboxylic acids is 1. The Labute approximate surface area is 121 Å². The lowest BCUT2D eigenvalue weighted by molar-refractivity contribution is -0.388. The van der Waals surface area contributed by atoms with Crippen LogP contribution in [0, 0.1) is 5.82 Å². The molecule has 1 aromatic carbocycles. The molecule has 0 fully saturated rings. The van der Waals surface area contributed by atoms with Crippen LogP contribution in [0.25, 0.3) is 0 Å². The largest absolute Gasteiger partial charge is 0.460 e. The Balaban J connectivity index is 3.16. The van der Waals surface area contributed by atoms with E-state index in [1.807, 2.05) is 0 Å². The summed E-state index contributed by atoms with van der Waals surface area (Å²) in [6, 6.07) is 2.68. The Morgan fingerprint density at radius 1 is 0.870 bits per heavy atom. The van der Waals surface area contributed by atoms with Gasteiger partial charge in [-0.05, 0) is 18.2 Å². The van der Waals surface area contributed by atoms with E-state index in [4.69, 9.17) is 0 Å². The lowest BCUT2D eigenvalue weighted by Crippen LogP contribution is -2.64. The molecule has 0 aliphatic heterocycles. The lowest BCUT2D eigenvalue weighted by Gasteiger charge is -2.32. The van der Waals surface area contributed by atoms with Gasteiger partial charge >= 0.3 is 29.9 Å². The molecule has 1 aromatic rings. The van der Waals surface area contributed by atoms with Gasteiger partial charge in [0, 0.05) is 5.69 Å². The maximum atomic E-state index is 13.2. The molecular formula is C11H5F10NO. The minimum Gasteiger partial charge on any atom is -0.321 e. The van der Waals surface area contributed by atoms with E-state index in [2.05, 4.69) is 0 Å². The van der Waals surface area contributed by atoms with Crippen LogP contribution in [-0.4, -0.2) is 29.9 Å². The van der Waals surface area contributed by atoms with Crippen LogP contribution in [0.1, 0.15) is 0 Å². The molecule has 0 bridgehead atoms.